The van der Waals surface area contributed by atoms with Crippen LogP contribution in [0.15, 0.2) is 77.3 Å². The number of fused-ring (bicyclic) bond motifs is 2. The summed E-state index contributed by atoms with van der Waals surface area (Å²) in [5.41, 5.74) is 2.80. The molecule has 0 aliphatic rings. The monoisotopic (exact) mass is 522 g/mol. The lowest BCUT2D eigenvalue weighted by Gasteiger charge is -2.14. The number of halogens is 2. The highest BCUT2D eigenvalue weighted by Crippen LogP contribution is 2.38. The second-order valence-corrected chi connectivity index (χ2v) is 9.36. The van der Waals surface area contributed by atoms with Crippen molar-refractivity contribution in [3.05, 3.63) is 87.9 Å². The molecule has 7 heteroatoms. The van der Waals surface area contributed by atoms with Crippen LogP contribution in [0.2, 0.25) is 5.02 Å². The standard InChI is InChI=1S/C25H16BrClN2O2S/c1-31-23-18(12-14-6-2-3-7-16(14)22(23)26)24(30)28-15-10-11-17(19(27)13-15)25-29-20-8-4-5-9-21(20)32-25/h2-13H,1H3,(H,28,30). The maximum Gasteiger partial charge on any atom is 0.259 e. The molecule has 0 fully saturated rings. The maximum atomic E-state index is 13.1. The Morgan fingerprint density at radius 1 is 1.06 bits per heavy atom. The maximum absolute atomic E-state index is 13.1. The molecule has 0 radical (unpaired) electrons. The molecule has 0 unspecified atom stereocenters. The Hall–Kier alpha value is -2.93. The number of aromatic nitrogens is 1. The van der Waals surface area contributed by atoms with Crippen molar-refractivity contribution in [2.45, 2.75) is 0 Å². The molecule has 4 nitrogen and oxygen atoms in total. The van der Waals surface area contributed by atoms with Crippen molar-refractivity contribution < 1.29 is 9.53 Å². The molecular formula is C25H16BrClN2O2S. The van der Waals surface area contributed by atoms with Gasteiger partial charge in [0.05, 0.1) is 32.4 Å². The number of amides is 1. The topological polar surface area (TPSA) is 51.2 Å². The molecule has 0 saturated carbocycles. The number of anilines is 1. The van der Waals surface area contributed by atoms with Crippen LogP contribution in [0.3, 0.4) is 0 Å². The summed E-state index contributed by atoms with van der Waals surface area (Å²) in [5, 5.41) is 6.21. The van der Waals surface area contributed by atoms with Gasteiger partial charge in [-0.3, -0.25) is 4.79 Å². The van der Waals surface area contributed by atoms with Crippen molar-refractivity contribution >= 4 is 71.5 Å². The van der Waals surface area contributed by atoms with Gasteiger partial charge in [-0.05, 0) is 63.1 Å². The lowest BCUT2D eigenvalue weighted by Crippen LogP contribution is -2.13. The Labute approximate surface area is 201 Å². The number of hydrogen-bond acceptors (Lipinski definition) is 4. The van der Waals surface area contributed by atoms with Gasteiger partial charge >= 0.3 is 0 Å². The zero-order valence-electron chi connectivity index (χ0n) is 16.9. The summed E-state index contributed by atoms with van der Waals surface area (Å²) in [5.74, 6) is 0.204. The Morgan fingerprint density at radius 3 is 2.62 bits per heavy atom. The van der Waals surface area contributed by atoms with Crippen LogP contribution in [0.5, 0.6) is 5.75 Å². The van der Waals surface area contributed by atoms with E-state index >= 15 is 0 Å². The predicted molar refractivity (Wildman–Crippen MR) is 136 cm³/mol. The Balaban J connectivity index is 1.47. The summed E-state index contributed by atoms with van der Waals surface area (Å²) in [4.78, 5) is 17.8. The molecular weight excluding hydrogens is 508 g/mol. The Morgan fingerprint density at radius 2 is 1.84 bits per heavy atom. The molecule has 4 aromatic carbocycles. The number of hydrogen-bond donors (Lipinski definition) is 1. The van der Waals surface area contributed by atoms with E-state index in [1.54, 1.807) is 24.5 Å². The molecule has 1 N–H and O–H groups in total. The van der Waals surface area contributed by atoms with E-state index in [0.717, 1.165) is 36.0 Å². The first-order valence-corrected chi connectivity index (χ1v) is 11.8. The average Bonchev–Trinajstić information content (AvgIpc) is 3.23. The van der Waals surface area contributed by atoms with Crippen LogP contribution in [-0.2, 0) is 0 Å². The van der Waals surface area contributed by atoms with Crippen LogP contribution in [0.4, 0.5) is 5.69 Å². The summed E-state index contributed by atoms with van der Waals surface area (Å²) in [6.07, 6.45) is 0. The third kappa shape index (κ3) is 3.75. The summed E-state index contributed by atoms with van der Waals surface area (Å²) in [7, 11) is 1.55. The number of rotatable bonds is 4. The Bertz CT molecular complexity index is 1470. The first kappa shape index (κ1) is 20.9. The zero-order valence-corrected chi connectivity index (χ0v) is 20.0. The van der Waals surface area contributed by atoms with E-state index in [1.165, 1.54) is 0 Å². The SMILES string of the molecule is COc1c(C(=O)Nc2ccc(-c3nc4ccccc4s3)c(Cl)c2)cc2ccccc2c1Br. The van der Waals surface area contributed by atoms with Crippen LogP contribution >= 0.6 is 38.9 Å². The van der Waals surface area contributed by atoms with Crippen LogP contribution < -0.4 is 10.1 Å². The fraction of sp³-hybridized carbons (Fsp3) is 0.0400. The molecule has 5 rings (SSSR count). The highest BCUT2D eigenvalue weighted by Gasteiger charge is 2.19. The first-order valence-electron chi connectivity index (χ1n) is 9.77. The lowest BCUT2D eigenvalue weighted by atomic mass is 10.0. The minimum Gasteiger partial charge on any atom is -0.495 e. The van der Waals surface area contributed by atoms with Gasteiger partial charge in [0.15, 0.2) is 0 Å². The van der Waals surface area contributed by atoms with Gasteiger partial charge in [0.25, 0.3) is 5.91 Å². The van der Waals surface area contributed by atoms with Gasteiger partial charge in [-0.15, -0.1) is 11.3 Å². The lowest BCUT2D eigenvalue weighted by molar-refractivity contribution is 0.102. The van der Waals surface area contributed by atoms with Gasteiger partial charge in [-0.1, -0.05) is 48.0 Å². The number of nitrogens with zero attached hydrogens (tertiary/aromatic N) is 1. The summed E-state index contributed by atoms with van der Waals surface area (Å²) in [6, 6.07) is 23.1. The fourth-order valence-corrected chi connectivity index (χ4v) is 5.67. The second-order valence-electron chi connectivity index (χ2n) is 7.13. The van der Waals surface area contributed by atoms with E-state index in [1.807, 2.05) is 66.7 Å². The van der Waals surface area contributed by atoms with Gasteiger partial charge in [0.2, 0.25) is 0 Å². The van der Waals surface area contributed by atoms with Gasteiger partial charge < -0.3 is 10.1 Å². The molecule has 1 amide bonds. The number of para-hydroxylation sites is 1. The molecule has 0 aliphatic heterocycles. The van der Waals surface area contributed by atoms with E-state index in [4.69, 9.17) is 16.3 Å². The fourth-order valence-electron chi connectivity index (χ4n) is 3.60. The van der Waals surface area contributed by atoms with Gasteiger partial charge in [0.1, 0.15) is 10.8 Å². The predicted octanol–water partition coefficient (Wildman–Crippen LogP) is 7.79. The van der Waals surface area contributed by atoms with Gasteiger partial charge in [-0.2, -0.15) is 0 Å². The molecule has 0 atom stereocenters. The van der Waals surface area contributed by atoms with E-state index in [9.17, 15) is 4.79 Å². The number of benzene rings is 4. The van der Waals surface area contributed by atoms with E-state index in [0.29, 0.717) is 22.0 Å². The third-order valence-corrected chi connectivity index (χ3v) is 7.31. The van der Waals surface area contributed by atoms with E-state index in [-0.39, 0.29) is 5.91 Å². The highest BCUT2D eigenvalue weighted by molar-refractivity contribution is 9.10. The van der Waals surface area contributed by atoms with Crippen molar-refractivity contribution in [1.29, 1.82) is 0 Å². The van der Waals surface area contributed by atoms with Crippen LogP contribution in [0.1, 0.15) is 10.4 Å². The number of nitrogens with one attached hydrogen (secondary N) is 1. The molecule has 0 aliphatic carbocycles. The number of carbonyl (C=O) groups excluding carboxylic acids is 1. The molecule has 0 saturated heterocycles. The van der Waals surface area contributed by atoms with Crippen LogP contribution in [0, 0.1) is 0 Å². The van der Waals surface area contributed by atoms with Crippen molar-refractivity contribution in [1.82, 2.24) is 4.98 Å². The quantitative estimate of drug-likeness (QED) is 0.261. The molecule has 5 aromatic rings. The average molecular weight is 524 g/mol. The summed E-state index contributed by atoms with van der Waals surface area (Å²) in [6.45, 7) is 0. The molecule has 0 spiro atoms. The molecule has 0 bridgehead atoms. The van der Waals surface area contributed by atoms with Crippen molar-refractivity contribution in [2.75, 3.05) is 12.4 Å². The number of carbonyl (C=O) groups is 1. The molecule has 1 heterocycles. The first-order chi connectivity index (χ1) is 15.5. The summed E-state index contributed by atoms with van der Waals surface area (Å²) >= 11 is 11.7. The Kier molecular flexibility index (Phi) is 5.59. The molecule has 1 aromatic heterocycles. The summed E-state index contributed by atoms with van der Waals surface area (Å²) < 4.78 is 7.38. The minimum absolute atomic E-state index is 0.280. The normalized spacial score (nSPS) is 11.1. The number of methoxy groups -OCH3 is 1. The van der Waals surface area contributed by atoms with Crippen molar-refractivity contribution in [2.24, 2.45) is 0 Å². The zero-order chi connectivity index (χ0) is 22.2. The van der Waals surface area contributed by atoms with Gasteiger partial charge in [-0.25, -0.2) is 4.98 Å². The minimum atomic E-state index is -0.280. The molecule has 32 heavy (non-hydrogen) atoms. The van der Waals surface area contributed by atoms with E-state index < -0.39 is 0 Å². The highest BCUT2D eigenvalue weighted by atomic mass is 79.9. The second kappa shape index (κ2) is 8.54. The number of ether oxygens (including phenoxy) is 1. The largest absolute Gasteiger partial charge is 0.495 e. The van der Waals surface area contributed by atoms with E-state index in [2.05, 4.69) is 26.2 Å². The van der Waals surface area contributed by atoms with Gasteiger partial charge in [0, 0.05) is 11.3 Å². The van der Waals surface area contributed by atoms with Crippen molar-refractivity contribution in [3.63, 3.8) is 0 Å². The van der Waals surface area contributed by atoms with Crippen LogP contribution in [-0.4, -0.2) is 18.0 Å². The number of thiazole rings is 1. The third-order valence-electron chi connectivity index (χ3n) is 5.14. The van der Waals surface area contributed by atoms with Crippen molar-refractivity contribution in [3.8, 4) is 16.3 Å². The molecule has 158 valence electrons. The van der Waals surface area contributed by atoms with Crippen LogP contribution in [0.25, 0.3) is 31.6 Å². The smallest absolute Gasteiger partial charge is 0.259 e.